The van der Waals surface area contributed by atoms with Crippen LogP contribution in [-0.2, 0) is 25.6 Å². The van der Waals surface area contributed by atoms with E-state index in [-0.39, 0.29) is 13.0 Å². The average Bonchev–Trinajstić information content (AvgIpc) is 3.51. The number of aromatic amines is 1. The van der Waals surface area contributed by atoms with E-state index in [9.17, 15) is 29.4 Å². The van der Waals surface area contributed by atoms with Crippen LogP contribution in [0.4, 0.5) is 0 Å². The van der Waals surface area contributed by atoms with Crippen LogP contribution in [0.3, 0.4) is 0 Å². The second-order valence-electron chi connectivity index (χ2n) is 7.85. The first-order valence-electron chi connectivity index (χ1n) is 10.3. The molecule has 3 amide bonds. The number of hydrogen-bond acceptors (Lipinski definition) is 7. The first-order valence-corrected chi connectivity index (χ1v) is 10.3. The second kappa shape index (κ2) is 9.88. The number of imidazole rings is 1. The molecule has 3 rings (SSSR count). The molecule has 2 aliphatic heterocycles. The van der Waals surface area contributed by atoms with Crippen LogP contribution in [0, 0.1) is 0 Å². The molecular formula is C19H28N6O6. The summed E-state index contributed by atoms with van der Waals surface area (Å²) in [6.07, 6.45) is 5.11. The number of nitrogens with one attached hydrogen (secondary N) is 2. The molecule has 2 saturated heterocycles. The van der Waals surface area contributed by atoms with Crippen LogP contribution < -0.4 is 11.1 Å². The van der Waals surface area contributed by atoms with E-state index in [4.69, 9.17) is 5.73 Å². The molecule has 0 radical (unpaired) electrons. The number of nitrogens with zero attached hydrogens (tertiary/aromatic N) is 3. The molecule has 2 fully saturated rings. The van der Waals surface area contributed by atoms with Gasteiger partial charge in [-0.25, -0.2) is 9.78 Å². The van der Waals surface area contributed by atoms with Crippen molar-refractivity contribution in [2.75, 3.05) is 19.7 Å². The van der Waals surface area contributed by atoms with Crippen molar-refractivity contribution in [1.29, 1.82) is 0 Å². The summed E-state index contributed by atoms with van der Waals surface area (Å²) in [4.78, 5) is 59.1. The normalized spacial score (nSPS) is 22.9. The SMILES string of the molecule is NC(Cc1cnc[nH]1)C(=O)NC(CO)C(=O)N1CCCC1C(=O)N1CCCC1C(=O)O. The summed E-state index contributed by atoms with van der Waals surface area (Å²) in [5.74, 6) is -2.68. The van der Waals surface area contributed by atoms with E-state index >= 15 is 0 Å². The molecule has 1 aromatic heterocycles. The lowest BCUT2D eigenvalue weighted by molar-refractivity contribution is -0.152. The Bertz CT molecular complexity index is 815. The van der Waals surface area contributed by atoms with Gasteiger partial charge in [-0.2, -0.15) is 0 Å². The lowest BCUT2D eigenvalue weighted by atomic mass is 10.1. The number of aliphatic carboxylic acids is 1. The minimum Gasteiger partial charge on any atom is -0.480 e. The minimum atomic E-state index is -1.25. The van der Waals surface area contributed by atoms with E-state index in [1.165, 1.54) is 22.3 Å². The number of likely N-dealkylation sites (tertiary alicyclic amines) is 2. The van der Waals surface area contributed by atoms with Crippen LogP contribution in [0.2, 0.25) is 0 Å². The maximum absolute atomic E-state index is 13.0. The van der Waals surface area contributed by atoms with Crippen molar-refractivity contribution in [2.24, 2.45) is 5.73 Å². The largest absolute Gasteiger partial charge is 0.480 e. The first-order chi connectivity index (χ1) is 14.8. The van der Waals surface area contributed by atoms with Crippen LogP contribution in [0.5, 0.6) is 0 Å². The Hall–Kier alpha value is -2.99. The number of aliphatic hydroxyl groups is 1. The summed E-state index contributed by atoms with van der Waals surface area (Å²) in [7, 11) is 0. The number of carbonyl (C=O) groups excluding carboxylic acids is 3. The Morgan fingerprint density at radius 2 is 1.87 bits per heavy atom. The molecule has 3 heterocycles. The number of carboxylic acid groups (broad SMARTS) is 1. The van der Waals surface area contributed by atoms with Gasteiger partial charge in [-0.15, -0.1) is 0 Å². The monoisotopic (exact) mass is 436 g/mol. The fraction of sp³-hybridized carbons (Fsp3) is 0.632. The van der Waals surface area contributed by atoms with E-state index in [1.807, 2.05) is 0 Å². The molecule has 31 heavy (non-hydrogen) atoms. The van der Waals surface area contributed by atoms with Crippen molar-refractivity contribution >= 4 is 23.7 Å². The number of H-pyrrole nitrogens is 1. The summed E-state index contributed by atoms with van der Waals surface area (Å²) in [6.45, 7) is -0.0371. The predicted octanol–water partition coefficient (Wildman–Crippen LogP) is -2.18. The second-order valence-corrected chi connectivity index (χ2v) is 7.85. The topological polar surface area (TPSA) is 182 Å². The Balaban J connectivity index is 1.64. The van der Waals surface area contributed by atoms with Crippen LogP contribution in [0.1, 0.15) is 31.4 Å². The van der Waals surface area contributed by atoms with Gasteiger partial charge in [-0.1, -0.05) is 0 Å². The van der Waals surface area contributed by atoms with Gasteiger partial charge >= 0.3 is 5.97 Å². The fourth-order valence-electron chi connectivity index (χ4n) is 4.16. The van der Waals surface area contributed by atoms with Crippen molar-refractivity contribution in [1.82, 2.24) is 25.1 Å². The molecule has 170 valence electrons. The summed E-state index contributed by atoms with van der Waals surface area (Å²) in [5.41, 5.74) is 6.54. The number of aliphatic hydroxyl groups excluding tert-OH is 1. The smallest absolute Gasteiger partial charge is 0.326 e. The number of carbonyl (C=O) groups is 4. The molecule has 1 aromatic rings. The maximum Gasteiger partial charge on any atom is 0.326 e. The van der Waals surface area contributed by atoms with E-state index in [1.54, 1.807) is 0 Å². The molecule has 0 saturated carbocycles. The third kappa shape index (κ3) is 5.02. The highest BCUT2D eigenvalue weighted by Gasteiger charge is 2.43. The van der Waals surface area contributed by atoms with Gasteiger partial charge in [0.2, 0.25) is 17.7 Å². The number of amides is 3. The van der Waals surface area contributed by atoms with E-state index in [0.717, 1.165) is 0 Å². The van der Waals surface area contributed by atoms with E-state index < -0.39 is 54.5 Å². The van der Waals surface area contributed by atoms with Crippen molar-refractivity contribution in [2.45, 2.75) is 56.3 Å². The van der Waals surface area contributed by atoms with E-state index in [0.29, 0.717) is 37.9 Å². The Morgan fingerprint density at radius 1 is 1.19 bits per heavy atom. The molecular weight excluding hydrogens is 408 g/mol. The molecule has 12 heteroatoms. The van der Waals surface area contributed by atoms with Crippen molar-refractivity contribution in [3.63, 3.8) is 0 Å². The molecule has 12 nitrogen and oxygen atoms in total. The highest BCUT2D eigenvalue weighted by atomic mass is 16.4. The Morgan fingerprint density at radius 3 is 2.48 bits per heavy atom. The van der Waals surface area contributed by atoms with Gasteiger partial charge in [0.1, 0.15) is 18.1 Å². The Labute approximate surface area is 178 Å². The van der Waals surface area contributed by atoms with Gasteiger partial charge in [-0.3, -0.25) is 14.4 Å². The van der Waals surface area contributed by atoms with Gasteiger partial charge in [0.15, 0.2) is 0 Å². The van der Waals surface area contributed by atoms with Gasteiger partial charge in [-0.05, 0) is 25.7 Å². The van der Waals surface area contributed by atoms with Gasteiger partial charge in [0.05, 0.1) is 19.0 Å². The number of carboxylic acids is 1. The minimum absolute atomic E-state index is 0.175. The summed E-state index contributed by atoms with van der Waals surface area (Å²) in [6, 6.07) is -3.90. The maximum atomic E-state index is 13.0. The van der Waals surface area contributed by atoms with Crippen molar-refractivity contribution in [3.8, 4) is 0 Å². The lowest BCUT2D eigenvalue weighted by Gasteiger charge is -2.32. The molecule has 0 aliphatic carbocycles. The molecule has 4 atom stereocenters. The average molecular weight is 436 g/mol. The summed E-state index contributed by atoms with van der Waals surface area (Å²) < 4.78 is 0. The highest BCUT2D eigenvalue weighted by molar-refractivity contribution is 5.94. The third-order valence-corrected chi connectivity index (χ3v) is 5.77. The van der Waals surface area contributed by atoms with Gasteiger partial charge < -0.3 is 36.0 Å². The molecule has 4 unspecified atom stereocenters. The number of aromatic nitrogens is 2. The van der Waals surface area contributed by atoms with Crippen LogP contribution in [0.25, 0.3) is 0 Å². The molecule has 0 spiro atoms. The molecule has 0 aromatic carbocycles. The van der Waals surface area contributed by atoms with Crippen molar-refractivity contribution in [3.05, 3.63) is 18.2 Å². The van der Waals surface area contributed by atoms with Gasteiger partial charge in [0, 0.05) is 31.4 Å². The number of rotatable bonds is 8. The van der Waals surface area contributed by atoms with E-state index in [2.05, 4.69) is 15.3 Å². The molecule has 6 N–H and O–H groups in total. The fourth-order valence-corrected chi connectivity index (χ4v) is 4.16. The molecule has 2 aliphatic rings. The van der Waals surface area contributed by atoms with Crippen molar-refractivity contribution < 1.29 is 29.4 Å². The van der Waals surface area contributed by atoms with Crippen LogP contribution >= 0.6 is 0 Å². The zero-order valence-corrected chi connectivity index (χ0v) is 17.1. The predicted molar refractivity (Wildman–Crippen MR) is 106 cm³/mol. The number of hydrogen-bond donors (Lipinski definition) is 5. The van der Waals surface area contributed by atoms with Gasteiger partial charge in [0.25, 0.3) is 0 Å². The highest BCUT2D eigenvalue weighted by Crippen LogP contribution is 2.25. The van der Waals surface area contributed by atoms with Crippen LogP contribution in [-0.4, -0.2) is 97.5 Å². The quantitative estimate of drug-likeness (QED) is 0.305. The zero-order chi connectivity index (χ0) is 22.5. The zero-order valence-electron chi connectivity index (χ0n) is 17.1. The number of nitrogens with two attached hydrogens (primary N) is 1. The summed E-state index contributed by atoms with van der Waals surface area (Å²) >= 11 is 0. The standard InChI is InChI=1S/C19H28N6O6/c20-12(7-11-8-21-10-22-11)16(27)23-13(9-26)17(28)24-5-1-3-14(24)18(29)25-6-2-4-15(25)19(30)31/h8,10,12-15,26H,1-7,9,20H2,(H,21,22)(H,23,27)(H,30,31). The summed E-state index contributed by atoms with van der Waals surface area (Å²) in [5, 5.41) is 21.5. The Kier molecular flexibility index (Phi) is 7.23. The first kappa shape index (κ1) is 22.7. The molecule has 0 bridgehead atoms. The lowest BCUT2D eigenvalue weighted by Crippen LogP contribution is -2.58. The van der Waals surface area contributed by atoms with Crippen LogP contribution in [0.15, 0.2) is 12.5 Å². The third-order valence-electron chi connectivity index (χ3n) is 5.77.